The summed E-state index contributed by atoms with van der Waals surface area (Å²) in [4.78, 5) is 30.5. The number of benzene rings is 1. The third-order valence-corrected chi connectivity index (χ3v) is 3.59. The number of nitrogens with zero attached hydrogens (tertiary/aromatic N) is 2. The van der Waals surface area contributed by atoms with Crippen LogP contribution in [0, 0.1) is 0 Å². The lowest BCUT2D eigenvalue weighted by Gasteiger charge is -2.01. The van der Waals surface area contributed by atoms with Gasteiger partial charge < -0.3 is 9.72 Å². The Morgan fingerprint density at radius 2 is 1.96 bits per heavy atom. The zero-order valence-corrected chi connectivity index (χ0v) is 13.1. The van der Waals surface area contributed by atoms with Gasteiger partial charge in [-0.05, 0) is 35.7 Å². The van der Waals surface area contributed by atoms with Crippen molar-refractivity contribution < 1.29 is 14.3 Å². The number of hydrogen-bond acceptors (Lipinski definition) is 5. The Morgan fingerprint density at radius 1 is 1.17 bits per heavy atom. The number of Topliss-reactive ketones (excluding diaryl/α,β-unsaturated/α-hetero) is 2. The van der Waals surface area contributed by atoms with E-state index in [1.165, 1.54) is 6.33 Å². The molecule has 0 amide bonds. The molecule has 2 N–H and O–H groups in total. The average molecular weight is 324 g/mol. The number of aromatic amines is 2. The van der Waals surface area contributed by atoms with E-state index in [2.05, 4.69) is 20.2 Å². The van der Waals surface area contributed by atoms with Crippen molar-refractivity contribution in [1.82, 2.24) is 20.2 Å². The number of aromatic nitrogens is 4. The highest BCUT2D eigenvalue weighted by atomic mass is 16.5. The second-order valence-corrected chi connectivity index (χ2v) is 5.31. The molecule has 0 saturated carbocycles. The third-order valence-electron chi connectivity index (χ3n) is 3.59. The van der Waals surface area contributed by atoms with E-state index in [1.54, 1.807) is 7.11 Å². The fourth-order valence-electron chi connectivity index (χ4n) is 2.37. The summed E-state index contributed by atoms with van der Waals surface area (Å²) in [5.41, 5.74) is 2.85. The number of H-pyrrole nitrogens is 2. The first-order valence-corrected chi connectivity index (χ1v) is 7.38. The van der Waals surface area contributed by atoms with E-state index in [1.807, 2.05) is 36.5 Å². The summed E-state index contributed by atoms with van der Waals surface area (Å²) in [6.07, 6.45) is 3.83. The number of carbonyl (C=O) groups is 2. The summed E-state index contributed by atoms with van der Waals surface area (Å²) in [6, 6.07) is 9.67. The minimum absolute atomic E-state index is 0.00398. The number of rotatable bonds is 7. The van der Waals surface area contributed by atoms with Gasteiger partial charge in [0, 0.05) is 11.9 Å². The predicted octanol–water partition coefficient (Wildman–Crippen LogP) is 1.73. The van der Waals surface area contributed by atoms with Crippen LogP contribution in [0.4, 0.5) is 0 Å². The molecule has 0 spiro atoms. The van der Waals surface area contributed by atoms with Crippen molar-refractivity contribution in [2.75, 3.05) is 7.11 Å². The van der Waals surface area contributed by atoms with Crippen molar-refractivity contribution in [2.24, 2.45) is 0 Å². The van der Waals surface area contributed by atoms with Gasteiger partial charge in [-0.15, -0.1) is 5.10 Å². The summed E-state index contributed by atoms with van der Waals surface area (Å²) in [7, 11) is 1.63. The van der Waals surface area contributed by atoms with Crippen molar-refractivity contribution in [3.8, 4) is 5.75 Å². The molecule has 1 aromatic carbocycles. The van der Waals surface area contributed by atoms with Crippen molar-refractivity contribution >= 4 is 11.6 Å². The molecule has 0 saturated heterocycles. The second-order valence-electron chi connectivity index (χ2n) is 5.31. The molecule has 0 fully saturated rings. The Hall–Kier alpha value is -3.22. The molecule has 0 atom stereocenters. The number of hydrogen-bond donors (Lipinski definition) is 2. The molecule has 0 aliphatic heterocycles. The molecule has 122 valence electrons. The third kappa shape index (κ3) is 3.57. The number of ether oxygens (including phenoxy) is 1. The minimum Gasteiger partial charge on any atom is -0.497 e. The summed E-state index contributed by atoms with van der Waals surface area (Å²) in [5, 5.41) is 6.05. The van der Waals surface area contributed by atoms with Crippen LogP contribution in [-0.2, 0) is 17.6 Å². The van der Waals surface area contributed by atoms with Crippen LogP contribution < -0.4 is 4.74 Å². The molecule has 2 heterocycles. The predicted molar refractivity (Wildman–Crippen MR) is 86.0 cm³/mol. The quantitative estimate of drug-likeness (QED) is 0.509. The van der Waals surface area contributed by atoms with Crippen LogP contribution >= 0.6 is 0 Å². The topological polar surface area (TPSA) is 101 Å². The van der Waals surface area contributed by atoms with Gasteiger partial charge in [-0.3, -0.25) is 14.7 Å². The van der Waals surface area contributed by atoms with Crippen LogP contribution in [0.2, 0.25) is 0 Å². The zero-order chi connectivity index (χ0) is 16.9. The van der Waals surface area contributed by atoms with Gasteiger partial charge in [0.25, 0.3) is 5.78 Å². The van der Waals surface area contributed by atoms with Crippen LogP contribution in [0.15, 0.2) is 42.9 Å². The van der Waals surface area contributed by atoms with Crippen molar-refractivity contribution in [2.45, 2.75) is 12.8 Å². The lowest BCUT2D eigenvalue weighted by atomic mass is 10.1. The molecule has 0 radical (unpaired) electrons. The smallest absolute Gasteiger partial charge is 0.267 e. The largest absolute Gasteiger partial charge is 0.497 e. The van der Waals surface area contributed by atoms with Gasteiger partial charge in [0.15, 0.2) is 0 Å². The van der Waals surface area contributed by atoms with Crippen molar-refractivity contribution in [3.05, 3.63) is 65.5 Å². The number of carbonyl (C=O) groups excluding carboxylic acids is 2. The monoisotopic (exact) mass is 324 g/mol. The molecule has 0 bridgehead atoms. The van der Waals surface area contributed by atoms with Crippen molar-refractivity contribution in [3.63, 3.8) is 0 Å². The number of nitrogens with one attached hydrogen (secondary N) is 2. The number of ketones is 2. The maximum atomic E-state index is 12.0. The summed E-state index contributed by atoms with van der Waals surface area (Å²) >= 11 is 0. The summed E-state index contributed by atoms with van der Waals surface area (Å²) < 4.78 is 5.13. The van der Waals surface area contributed by atoms with Gasteiger partial charge in [-0.2, -0.15) is 0 Å². The minimum atomic E-state index is -0.692. The Morgan fingerprint density at radius 3 is 2.62 bits per heavy atom. The van der Waals surface area contributed by atoms with E-state index in [9.17, 15) is 9.59 Å². The first-order chi connectivity index (χ1) is 11.7. The summed E-state index contributed by atoms with van der Waals surface area (Å²) in [6.45, 7) is 0. The lowest BCUT2D eigenvalue weighted by Crippen LogP contribution is -2.18. The average Bonchev–Trinajstić information content (AvgIpc) is 3.27. The highest BCUT2D eigenvalue weighted by Gasteiger charge is 2.20. The van der Waals surface area contributed by atoms with Crippen LogP contribution in [-0.4, -0.2) is 38.8 Å². The van der Waals surface area contributed by atoms with Gasteiger partial charge >= 0.3 is 0 Å². The Kier molecular flexibility index (Phi) is 4.51. The van der Waals surface area contributed by atoms with Gasteiger partial charge in [0.05, 0.1) is 13.5 Å². The summed E-state index contributed by atoms with van der Waals surface area (Å²) in [5.74, 6) is -0.537. The Bertz CT molecular complexity index is 835. The van der Waals surface area contributed by atoms with Crippen LogP contribution in [0.1, 0.15) is 27.4 Å². The molecule has 3 aromatic rings. The molecule has 0 aliphatic rings. The first kappa shape index (κ1) is 15.7. The molecule has 24 heavy (non-hydrogen) atoms. The Labute approximate surface area is 138 Å². The second kappa shape index (κ2) is 6.91. The molecule has 7 nitrogen and oxygen atoms in total. The normalized spacial score (nSPS) is 10.5. The van der Waals surface area contributed by atoms with Gasteiger partial charge in [-0.25, -0.2) is 4.98 Å². The van der Waals surface area contributed by atoms with Crippen LogP contribution in [0.5, 0.6) is 5.75 Å². The van der Waals surface area contributed by atoms with Crippen LogP contribution in [0.25, 0.3) is 0 Å². The molecule has 2 aromatic heterocycles. The fraction of sp³-hybridized carbons (Fsp3) is 0.176. The number of methoxy groups -OCH3 is 1. The van der Waals surface area contributed by atoms with Gasteiger partial charge in [-0.1, -0.05) is 12.1 Å². The van der Waals surface area contributed by atoms with E-state index in [0.29, 0.717) is 5.69 Å². The molecular weight excluding hydrogens is 308 g/mol. The molecule has 3 rings (SSSR count). The lowest BCUT2D eigenvalue weighted by molar-refractivity contribution is -0.114. The first-order valence-electron chi connectivity index (χ1n) is 7.38. The van der Waals surface area contributed by atoms with Crippen molar-refractivity contribution in [1.29, 1.82) is 0 Å². The van der Waals surface area contributed by atoms with E-state index in [0.717, 1.165) is 23.3 Å². The SMILES string of the molecule is COc1ccc(Cc2c[nH]c(CC(=O)C(=O)c3nc[nH]n3)c2)cc1. The highest BCUT2D eigenvalue weighted by Crippen LogP contribution is 2.16. The maximum Gasteiger partial charge on any atom is 0.267 e. The van der Waals surface area contributed by atoms with Gasteiger partial charge in [0.1, 0.15) is 12.1 Å². The molecular formula is C17H16N4O3. The fourth-order valence-corrected chi connectivity index (χ4v) is 2.37. The van der Waals surface area contributed by atoms with Crippen LogP contribution in [0.3, 0.4) is 0 Å². The van der Waals surface area contributed by atoms with Gasteiger partial charge in [0.2, 0.25) is 11.6 Å². The van der Waals surface area contributed by atoms with E-state index >= 15 is 0 Å². The zero-order valence-electron chi connectivity index (χ0n) is 13.1. The van der Waals surface area contributed by atoms with E-state index < -0.39 is 11.6 Å². The molecule has 7 heteroatoms. The maximum absolute atomic E-state index is 12.0. The Balaban J connectivity index is 1.62. The highest BCUT2D eigenvalue weighted by molar-refractivity contribution is 6.43. The van der Waals surface area contributed by atoms with E-state index in [4.69, 9.17) is 4.74 Å². The van der Waals surface area contributed by atoms with E-state index in [-0.39, 0.29) is 12.2 Å². The standard InChI is InChI=1S/C17H16N4O3/c1-24-14-4-2-11(3-5-14)6-12-7-13(18-9-12)8-15(22)16(23)17-19-10-20-21-17/h2-5,7,9-10,18H,6,8H2,1H3,(H,19,20,21). The molecule has 0 aliphatic carbocycles. The molecule has 0 unspecified atom stereocenters.